The molecule has 2 saturated heterocycles. The second-order valence-electron chi connectivity index (χ2n) is 5.10. The van der Waals surface area contributed by atoms with Gasteiger partial charge in [-0.15, -0.1) is 0 Å². The van der Waals surface area contributed by atoms with Gasteiger partial charge in [0.25, 0.3) is 0 Å². The lowest BCUT2D eigenvalue weighted by atomic mass is 9.83. The Balaban J connectivity index is 1.93. The van der Waals surface area contributed by atoms with E-state index in [0.29, 0.717) is 6.04 Å². The normalized spacial score (nSPS) is 28.5. The molecule has 0 amide bonds. The molecule has 0 aliphatic carbocycles. The van der Waals surface area contributed by atoms with Crippen LogP contribution in [0, 0.1) is 0 Å². The summed E-state index contributed by atoms with van der Waals surface area (Å²) in [6.07, 6.45) is 3.72. The van der Waals surface area contributed by atoms with Crippen molar-refractivity contribution < 1.29 is 19.4 Å². The smallest absolute Gasteiger partial charge is 0.317 e. The summed E-state index contributed by atoms with van der Waals surface area (Å²) in [5.41, 5.74) is -0.0616. The van der Waals surface area contributed by atoms with Crippen LogP contribution in [0.2, 0.25) is 0 Å². The number of likely N-dealkylation sites (N-methyl/N-ethyl adjacent to an activating group) is 1. The molecule has 17 heavy (non-hydrogen) atoms. The third-order valence-electron chi connectivity index (χ3n) is 3.88. The average molecular weight is 243 g/mol. The lowest BCUT2D eigenvalue weighted by Crippen LogP contribution is -2.51. The maximum Gasteiger partial charge on any atom is 0.317 e. The zero-order valence-corrected chi connectivity index (χ0v) is 10.4. The van der Waals surface area contributed by atoms with E-state index in [1.54, 1.807) is 0 Å². The molecule has 1 spiro atoms. The van der Waals surface area contributed by atoms with Gasteiger partial charge in [0.15, 0.2) is 0 Å². The first kappa shape index (κ1) is 12.8. The van der Waals surface area contributed by atoms with Gasteiger partial charge in [-0.25, -0.2) is 0 Å². The summed E-state index contributed by atoms with van der Waals surface area (Å²) in [5.74, 6) is -0.764. The van der Waals surface area contributed by atoms with Crippen LogP contribution in [0.3, 0.4) is 0 Å². The molecule has 2 fully saturated rings. The van der Waals surface area contributed by atoms with E-state index in [0.717, 1.165) is 45.5 Å². The minimum Gasteiger partial charge on any atom is -0.480 e. The SMILES string of the molecule is CN(CC(=O)O)C1CCOC2(CCOCC2)C1. The number of carboxylic acids is 1. The monoisotopic (exact) mass is 243 g/mol. The summed E-state index contributed by atoms with van der Waals surface area (Å²) in [5, 5.41) is 8.82. The fraction of sp³-hybridized carbons (Fsp3) is 0.917. The van der Waals surface area contributed by atoms with Crippen LogP contribution in [0.15, 0.2) is 0 Å². The number of hydrogen-bond donors (Lipinski definition) is 1. The van der Waals surface area contributed by atoms with Gasteiger partial charge in [0.2, 0.25) is 0 Å². The molecule has 1 N–H and O–H groups in total. The number of hydrogen-bond acceptors (Lipinski definition) is 4. The topological polar surface area (TPSA) is 59.0 Å². The zero-order valence-electron chi connectivity index (χ0n) is 10.4. The molecule has 0 aromatic rings. The molecule has 98 valence electrons. The lowest BCUT2D eigenvalue weighted by Gasteiger charge is -2.45. The van der Waals surface area contributed by atoms with Gasteiger partial charge in [0.05, 0.1) is 12.1 Å². The van der Waals surface area contributed by atoms with Crippen molar-refractivity contribution in [2.45, 2.75) is 37.3 Å². The number of carboxylic acid groups (broad SMARTS) is 1. The molecule has 5 heteroatoms. The molecule has 1 unspecified atom stereocenters. The van der Waals surface area contributed by atoms with Gasteiger partial charge in [-0.2, -0.15) is 0 Å². The predicted octanol–water partition coefficient (Wildman–Crippen LogP) is 0.731. The van der Waals surface area contributed by atoms with Gasteiger partial charge in [0, 0.05) is 25.9 Å². The first-order valence-corrected chi connectivity index (χ1v) is 6.25. The van der Waals surface area contributed by atoms with Crippen molar-refractivity contribution in [2.24, 2.45) is 0 Å². The molecular formula is C12H21NO4. The summed E-state index contributed by atoms with van der Waals surface area (Å²) in [6.45, 7) is 2.36. The molecule has 5 nitrogen and oxygen atoms in total. The van der Waals surface area contributed by atoms with Gasteiger partial charge in [-0.05, 0) is 32.7 Å². The van der Waals surface area contributed by atoms with Gasteiger partial charge in [-0.1, -0.05) is 0 Å². The fourth-order valence-corrected chi connectivity index (χ4v) is 2.81. The summed E-state index contributed by atoms with van der Waals surface area (Å²) < 4.78 is 11.3. The van der Waals surface area contributed by atoms with E-state index >= 15 is 0 Å². The summed E-state index contributed by atoms with van der Waals surface area (Å²) in [4.78, 5) is 12.7. The van der Waals surface area contributed by atoms with Crippen LogP contribution in [0.4, 0.5) is 0 Å². The van der Waals surface area contributed by atoms with Crippen molar-refractivity contribution >= 4 is 5.97 Å². The number of rotatable bonds is 3. The van der Waals surface area contributed by atoms with Crippen LogP contribution in [0.25, 0.3) is 0 Å². The summed E-state index contributed by atoms with van der Waals surface area (Å²) >= 11 is 0. The van der Waals surface area contributed by atoms with Crippen LogP contribution in [-0.4, -0.2) is 61.0 Å². The molecule has 0 aromatic heterocycles. The van der Waals surface area contributed by atoms with E-state index in [2.05, 4.69) is 0 Å². The first-order chi connectivity index (χ1) is 8.11. The highest BCUT2D eigenvalue weighted by Gasteiger charge is 2.40. The molecule has 0 saturated carbocycles. The van der Waals surface area contributed by atoms with Crippen LogP contribution in [0.5, 0.6) is 0 Å². The maximum absolute atomic E-state index is 10.7. The zero-order chi connectivity index (χ0) is 12.3. The molecule has 0 bridgehead atoms. The number of nitrogens with zero attached hydrogens (tertiary/aromatic N) is 1. The molecule has 0 aromatic carbocycles. The van der Waals surface area contributed by atoms with E-state index in [9.17, 15) is 4.79 Å². The van der Waals surface area contributed by atoms with E-state index in [-0.39, 0.29) is 12.1 Å². The van der Waals surface area contributed by atoms with Crippen molar-refractivity contribution in [3.63, 3.8) is 0 Å². The highest BCUT2D eigenvalue weighted by Crippen LogP contribution is 2.35. The first-order valence-electron chi connectivity index (χ1n) is 6.25. The molecule has 1 atom stereocenters. The molecule has 2 rings (SSSR count). The van der Waals surface area contributed by atoms with Gasteiger partial charge < -0.3 is 14.6 Å². The quantitative estimate of drug-likeness (QED) is 0.792. The van der Waals surface area contributed by atoms with E-state index in [1.807, 2.05) is 11.9 Å². The molecule has 0 radical (unpaired) electrons. The minimum absolute atomic E-state index is 0.0616. The van der Waals surface area contributed by atoms with Crippen molar-refractivity contribution in [3.8, 4) is 0 Å². The molecule has 2 aliphatic heterocycles. The van der Waals surface area contributed by atoms with Crippen molar-refractivity contribution in [1.29, 1.82) is 0 Å². The van der Waals surface area contributed by atoms with E-state index < -0.39 is 5.97 Å². The van der Waals surface area contributed by atoms with Gasteiger partial charge in [0.1, 0.15) is 0 Å². The van der Waals surface area contributed by atoms with Gasteiger partial charge in [-0.3, -0.25) is 9.69 Å². The van der Waals surface area contributed by atoms with Crippen LogP contribution in [-0.2, 0) is 14.3 Å². The fourth-order valence-electron chi connectivity index (χ4n) is 2.81. The molecular weight excluding hydrogens is 222 g/mol. The Morgan fingerprint density at radius 1 is 1.41 bits per heavy atom. The Morgan fingerprint density at radius 2 is 2.12 bits per heavy atom. The second kappa shape index (κ2) is 5.33. The Bertz CT molecular complexity index is 270. The van der Waals surface area contributed by atoms with Crippen molar-refractivity contribution in [3.05, 3.63) is 0 Å². The lowest BCUT2D eigenvalue weighted by molar-refractivity contribution is -0.154. The number of ether oxygens (including phenoxy) is 2. The van der Waals surface area contributed by atoms with Crippen LogP contribution >= 0.6 is 0 Å². The van der Waals surface area contributed by atoms with Crippen LogP contribution < -0.4 is 0 Å². The Morgan fingerprint density at radius 3 is 2.76 bits per heavy atom. The van der Waals surface area contributed by atoms with Gasteiger partial charge >= 0.3 is 5.97 Å². The summed E-state index contributed by atoms with van der Waals surface area (Å²) in [6, 6.07) is 0.318. The maximum atomic E-state index is 10.7. The Kier molecular flexibility index (Phi) is 4.01. The molecule has 2 aliphatic rings. The third-order valence-corrected chi connectivity index (χ3v) is 3.88. The number of carbonyl (C=O) groups is 1. The van der Waals surface area contributed by atoms with E-state index in [1.165, 1.54) is 0 Å². The Hall–Kier alpha value is -0.650. The third kappa shape index (κ3) is 3.18. The second-order valence-corrected chi connectivity index (χ2v) is 5.10. The average Bonchev–Trinajstić information content (AvgIpc) is 2.29. The Labute approximate surface area is 102 Å². The van der Waals surface area contributed by atoms with Crippen LogP contribution in [0.1, 0.15) is 25.7 Å². The largest absolute Gasteiger partial charge is 0.480 e. The van der Waals surface area contributed by atoms with Crippen molar-refractivity contribution in [2.75, 3.05) is 33.4 Å². The standard InChI is InChI=1S/C12H21NO4/c1-13(9-11(14)15)10-2-5-17-12(8-10)3-6-16-7-4-12/h10H,2-9H2,1H3,(H,14,15). The minimum atomic E-state index is -0.764. The summed E-state index contributed by atoms with van der Waals surface area (Å²) in [7, 11) is 1.89. The highest BCUT2D eigenvalue weighted by molar-refractivity contribution is 5.69. The van der Waals surface area contributed by atoms with Crippen molar-refractivity contribution in [1.82, 2.24) is 4.90 Å². The van der Waals surface area contributed by atoms with E-state index in [4.69, 9.17) is 14.6 Å². The number of aliphatic carboxylic acids is 1. The predicted molar refractivity (Wildman–Crippen MR) is 62.0 cm³/mol. The highest BCUT2D eigenvalue weighted by atomic mass is 16.5. The molecule has 2 heterocycles.